The number of hydrogen-bond acceptors (Lipinski definition) is 4. The molecular weight excluding hydrogens is 292 g/mol. The molecule has 0 aliphatic carbocycles. The Hall–Kier alpha value is -1.75. The van der Waals surface area contributed by atoms with E-state index in [2.05, 4.69) is 46.9 Å². The number of rotatable bonds is 6. The first-order chi connectivity index (χ1) is 10.8. The predicted molar refractivity (Wildman–Crippen MR) is 92.1 cm³/mol. The van der Waals surface area contributed by atoms with E-state index >= 15 is 0 Å². The number of pyridine rings is 1. The van der Waals surface area contributed by atoms with Crippen LogP contribution in [0.3, 0.4) is 0 Å². The number of aromatic nitrogens is 1. The standard InChI is InChI=1S/C18H20N2OS/c1-13(16-10-18-17(20-11-16)7-9-22-18)19-8-6-14-2-4-15(12-21)5-3-14/h2-5,7,9-11,13,19,21H,6,8,12H2,1H3. The van der Waals surface area contributed by atoms with Crippen molar-refractivity contribution in [3.63, 3.8) is 0 Å². The third kappa shape index (κ3) is 3.53. The predicted octanol–water partition coefficient (Wildman–Crippen LogP) is 3.68. The third-order valence-corrected chi connectivity index (χ3v) is 4.75. The lowest BCUT2D eigenvalue weighted by molar-refractivity contribution is 0.282. The SMILES string of the molecule is CC(NCCc1ccc(CO)cc1)c1cnc2ccsc2c1. The normalized spacial score (nSPS) is 12.6. The van der Waals surface area contributed by atoms with Gasteiger partial charge in [-0.1, -0.05) is 24.3 Å². The summed E-state index contributed by atoms with van der Waals surface area (Å²) >= 11 is 1.73. The van der Waals surface area contributed by atoms with Crippen molar-refractivity contribution in [2.24, 2.45) is 0 Å². The molecule has 3 rings (SSSR count). The summed E-state index contributed by atoms with van der Waals surface area (Å²) in [4.78, 5) is 4.49. The molecule has 1 aromatic carbocycles. The van der Waals surface area contributed by atoms with E-state index in [0.29, 0.717) is 0 Å². The number of aliphatic hydroxyl groups excluding tert-OH is 1. The smallest absolute Gasteiger partial charge is 0.0809 e. The molecule has 3 aromatic rings. The molecule has 1 unspecified atom stereocenters. The minimum absolute atomic E-state index is 0.105. The van der Waals surface area contributed by atoms with E-state index in [-0.39, 0.29) is 12.6 Å². The summed E-state index contributed by atoms with van der Waals surface area (Å²) in [5.41, 5.74) is 4.54. The molecule has 0 aliphatic heterocycles. The molecule has 3 nitrogen and oxygen atoms in total. The van der Waals surface area contributed by atoms with Crippen LogP contribution in [0.4, 0.5) is 0 Å². The maximum atomic E-state index is 9.05. The zero-order valence-corrected chi connectivity index (χ0v) is 13.4. The Balaban J connectivity index is 1.55. The minimum atomic E-state index is 0.105. The van der Waals surface area contributed by atoms with Gasteiger partial charge in [0.25, 0.3) is 0 Å². The van der Waals surface area contributed by atoms with Crippen molar-refractivity contribution in [2.45, 2.75) is 26.0 Å². The second-order valence-electron chi connectivity index (χ2n) is 5.47. The molecule has 0 saturated heterocycles. The molecule has 0 fully saturated rings. The molecule has 0 radical (unpaired) electrons. The molecular formula is C18H20N2OS. The minimum Gasteiger partial charge on any atom is -0.392 e. The van der Waals surface area contributed by atoms with E-state index in [0.717, 1.165) is 24.0 Å². The van der Waals surface area contributed by atoms with E-state index in [9.17, 15) is 0 Å². The summed E-state index contributed by atoms with van der Waals surface area (Å²) in [6, 6.07) is 12.7. The Morgan fingerprint density at radius 1 is 1.18 bits per heavy atom. The van der Waals surface area contributed by atoms with Crippen LogP contribution < -0.4 is 5.32 Å². The van der Waals surface area contributed by atoms with E-state index < -0.39 is 0 Å². The number of hydrogen-bond donors (Lipinski definition) is 2. The van der Waals surface area contributed by atoms with Crippen LogP contribution in [0.1, 0.15) is 29.7 Å². The summed E-state index contributed by atoms with van der Waals surface area (Å²) < 4.78 is 1.24. The first-order valence-corrected chi connectivity index (χ1v) is 8.39. The van der Waals surface area contributed by atoms with E-state index in [4.69, 9.17) is 5.11 Å². The zero-order chi connectivity index (χ0) is 15.4. The quantitative estimate of drug-likeness (QED) is 0.730. The topological polar surface area (TPSA) is 45.1 Å². The lowest BCUT2D eigenvalue weighted by Crippen LogP contribution is -2.21. The van der Waals surface area contributed by atoms with Gasteiger partial charge < -0.3 is 10.4 Å². The highest BCUT2D eigenvalue weighted by molar-refractivity contribution is 7.17. The Morgan fingerprint density at radius 3 is 2.73 bits per heavy atom. The average molecular weight is 312 g/mol. The van der Waals surface area contributed by atoms with Gasteiger partial charge in [-0.15, -0.1) is 11.3 Å². The number of aliphatic hydroxyl groups is 1. The van der Waals surface area contributed by atoms with Gasteiger partial charge in [0.05, 0.1) is 16.8 Å². The van der Waals surface area contributed by atoms with Crippen LogP contribution in [-0.4, -0.2) is 16.6 Å². The second-order valence-corrected chi connectivity index (χ2v) is 6.42. The van der Waals surface area contributed by atoms with Crippen LogP contribution in [0, 0.1) is 0 Å². The molecule has 0 amide bonds. The van der Waals surface area contributed by atoms with Gasteiger partial charge in [0.15, 0.2) is 0 Å². The highest BCUT2D eigenvalue weighted by Crippen LogP contribution is 2.22. The van der Waals surface area contributed by atoms with Crippen LogP contribution >= 0.6 is 11.3 Å². The Labute approximate surface area is 134 Å². The number of thiophene rings is 1. The first kappa shape index (κ1) is 15.2. The highest BCUT2D eigenvalue weighted by atomic mass is 32.1. The van der Waals surface area contributed by atoms with E-state index in [1.54, 1.807) is 11.3 Å². The van der Waals surface area contributed by atoms with Gasteiger partial charge in [0.2, 0.25) is 0 Å². The van der Waals surface area contributed by atoms with Crippen molar-refractivity contribution in [1.29, 1.82) is 0 Å². The summed E-state index contributed by atoms with van der Waals surface area (Å²) in [5, 5.41) is 14.7. The van der Waals surface area contributed by atoms with Crippen molar-refractivity contribution >= 4 is 21.6 Å². The first-order valence-electron chi connectivity index (χ1n) is 7.51. The fourth-order valence-electron chi connectivity index (χ4n) is 2.46. The molecule has 2 heterocycles. The van der Waals surface area contributed by atoms with Crippen molar-refractivity contribution in [2.75, 3.05) is 6.54 Å². The number of nitrogens with one attached hydrogen (secondary N) is 1. The molecule has 2 aromatic heterocycles. The molecule has 4 heteroatoms. The average Bonchev–Trinajstić information content (AvgIpc) is 3.03. The van der Waals surface area contributed by atoms with Crippen LogP contribution in [0.25, 0.3) is 10.2 Å². The van der Waals surface area contributed by atoms with Crippen molar-refractivity contribution in [3.8, 4) is 0 Å². The van der Waals surface area contributed by atoms with Crippen LogP contribution in [-0.2, 0) is 13.0 Å². The maximum absolute atomic E-state index is 9.05. The van der Waals surface area contributed by atoms with Crippen molar-refractivity contribution < 1.29 is 5.11 Å². The van der Waals surface area contributed by atoms with Crippen LogP contribution in [0.5, 0.6) is 0 Å². The molecule has 22 heavy (non-hydrogen) atoms. The lowest BCUT2D eigenvalue weighted by atomic mass is 10.1. The van der Waals surface area contributed by atoms with Gasteiger partial charge in [-0.3, -0.25) is 4.98 Å². The fourth-order valence-corrected chi connectivity index (χ4v) is 3.25. The van der Waals surface area contributed by atoms with Gasteiger partial charge in [-0.05, 0) is 54.1 Å². The zero-order valence-electron chi connectivity index (χ0n) is 12.6. The number of benzene rings is 1. The third-order valence-electron chi connectivity index (χ3n) is 3.89. The summed E-state index contributed by atoms with van der Waals surface area (Å²) in [6.07, 6.45) is 2.94. The summed E-state index contributed by atoms with van der Waals surface area (Å²) in [7, 11) is 0. The number of fused-ring (bicyclic) bond motifs is 1. The van der Waals surface area contributed by atoms with Crippen molar-refractivity contribution in [1.82, 2.24) is 10.3 Å². The van der Waals surface area contributed by atoms with Gasteiger partial charge >= 0.3 is 0 Å². The molecule has 0 spiro atoms. The van der Waals surface area contributed by atoms with Gasteiger partial charge in [0, 0.05) is 12.2 Å². The second kappa shape index (κ2) is 7.01. The molecule has 0 saturated carbocycles. The Morgan fingerprint density at radius 2 is 1.95 bits per heavy atom. The van der Waals surface area contributed by atoms with Crippen LogP contribution in [0.2, 0.25) is 0 Å². The lowest BCUT2D eigenvalue weighted by Gasteiger charge is -2.14. The van der Waals surface area contributed by atoms with Crippen LogP contribution in [0.15, 0.2) is 48.0 Å². The maximum Gasteiger partial charge on any atom is 0.0809 e. The molecule has 114 valence electrons. The fraction of sp³-hybridized carbons (Fsp3) is 0.278. The molecule has 2 N–H and O–H groups in total. The van der Waals surface area contributed by atoms with E-state index in [1.807, 2.05) is 18.3 Å². The monoisotopic (exact) mass is 312 g/mol. The van der Waals surface area contributed by atoms with E-state index in [1.165, 1.54) is 15.8 Å². The largest absolute Gasteiger partial charge is 0.392 e. The van der Waals surface area contributed by atoms with Crippen molar-refractivity contribution in [3.05, 3.63) is 64.7 Å². The molecule has 0 bridgehead atoms. The molecule has 1 atom stereocenters. The summed E-state index contributed by atoms with van der Waals surface area (Å²) in [6.45, 7) is 3.20. The van der Waals surface area contributed by atoms with Gasteiger partial charge in [-0.25, -0.2) is 0 Å². The van der Waals surface area contributed by atoms with Gasteiger partial charge in [0.1, 0.15) is 0 Å². The Bertz CT molecular complexity index is 736. The highest BCUT2D eigenvalue weighted by Gasteiger charge is 2.07. The summed E-state index contributed by atoms with van der Waals surface area (Å²) in [5.74, 6) is 0. The molecule has 0 aliphatic rings. The Kier molecular flexibility index (Phi) is 4.83. The van der Waals surface area contributed by atoms with Gasteiger partial charge in [-0.2, -0.15) is 0 Å². The number of nitrogens with zero attached hydrogens (tertiary/aromatic N) is 1.